The fourth-order valence-electron chi connectivity index (χ4n) is 2.67. The number of hydrogen-bond donors (Lipinski definition) is 2. The Morgan fingerprint density at radius 1 is 1.43 bits per heavy atom. The summed E-state index contributed by atoms with van der Waals surface area (Å²) >= 11 is 1.85. The van der Waals surface area contributed by atoms with E-state index in [2.05, 4.69) is 10.7 Å². The fraction of sp³-hybridized carbons (Fsp3) is 0.688. The van der Waals surface area contributed by atoms with Crippen LogP contribution in [0.1, 0.15) is 49.6 Å². The monoisotopic (exact) mass is 310 g/mol. The van der Waals surface area contributed by atoms with Crippen molar-refractivity contribution in [2.24, 2.45) is 5.73 Å². The largest absolute Gasteiger partial charge is 0.444 e. The number of carbonyl (C=O) groups excluding carboxylic acids is 1. The first-order valence-electron chi connectivity index (χ1n) is 7.66. The molecule has 1 amide bonds. The summed E-state index contributed by atoms with van der Waals surface area (Å²) in [5.41, 5.74) is 8.17. The maximum atomic E-state index is 11.9. The smallest absolute Gasteiger partial charge is 0.407 e. The lowest BCUT2D eigenvalue weighted by Gasteiger charge is -2.23. The second kappa shape index (κ2) is 6.79. The highest BCUT2D eigenvalue weighted by Crippen LogP contribution is 2.30. The van der Waals surface area contributed by atoms with Gasteiger partial charge in [-0.2, -0.15) is 0 Å². The molecule has 0 saturated heterocycles. The first kappa shape index (κ1) is 16.3. The van der Waals surface area contributed by atoms with Crippen molar-refractivity contribution >= 4 is 17.4 Å². The van der Waals surface area contributed by atoms with Crippen LogP contribution in [0.2, 0.25) is 0 Å². The number of amides is 1. The molecule has 1 aromatic heterocycles. The Hall–Kier alpha value is -1.07. The van der Waals surface area contributed by atoms with Crippen LogP contribution in [-0.4, -0.2) is 24.3 Å². The third kappa shape index (κ3) is 4.71. The molecular formula is C16H26N2O2S. The maximum absolute atomic E-state index is 11.9. The summed E-state index contributed by atoms with van der Waals surface area (Å²) < 4.78 is 5.30. The number of thiophene rings is 1. The highest BCUT2D eigenvalue weighted by molar-refractivity contribution is 7.10. The second-order valence-corrected chi connectivity index (χ2v) is 7.62. The van der Waals surface area contributed by atoms with Gasteiger partial charge in [0.2, 0.25) is 0 Å². The van der Waals surface area contributed by atoms with E-state index in [1.807, 2.05) is 32.1 Å². The molecule has 1 heterocycles. The van der Waals surface area contributed by atoms with Crippen LogP contribution >= 0.6 is 11.3 Å². The summed E-state index contributed by atoms with van der Waals surface area (Å²) in [5, 5.41) is 5.12. The number of aryl methyl sites for hydroxylation is 1. The molecule has 0 fully saturated rings. The molecule has 0 spiro atoms. The predicted octanol–water partition coefficient (Wildman–Crippen LogP) is 3.02. The van der Waals surface area contributed by atoms with Crippen molar-refractivity contribution in [1.82, 2.24) is 5.32 Å². The summed E-state index contributed by atoms with van der Waals surface area (Å²) in [6, 6.07) is -0.0690. The fourth-order valence-corrected chi connectivity index (χ4v) is 3.83. The van der Waals surface area contributed by atoms with E-state index in [9.17, 15) is 4.79 Å². The summed E-state index contributed by atoms with van der Waals surface area (Å²) in [6.07, 6.45) is 5.33. The molecule has 0 aromatic carbocycles. The number of carbonyl (C=O) groups is 1. The Labute approximate surface area is 131 Å². The van der Waals surface area contributed by atoms with E-state index >= 15 is 0 Å². The molecular weight excluding hydrogens is 284 g/mol. The molecule has 1 atom stereocenters. The molecule has 2 rings (SSSR count). The Morgan fingerprint density at radius 2 is 2.14 bits per heavy atom. The number of fused-ring (bicyclic) bond motifs is 1. The van der Waals surface area contributed by atoms with E-state index < -0.39 is 5.60 Å². The van der Waals surface area contributed by atoms with Crippen molar-refractivity contribution in [1.29, 1.82) is 0 Å². The highest BCUT2D eigenvalue weighted by atomic mass is 32.1. The van der Waals surface area contributed by atoms with Crippen molar-refractivity contribution in [3.05, 3.63) is 21.4 Å². The van der Waals surface area contributed by atoms with E-state index in [0.29, 0.717) is 6.54 Å². The van der Waals surface area contributed by atoms with Gasteiger partial charge in [-0.15, -0.1) is 11.3 Å². The first-order chi connectivity index (χ1) is 9.89. The lowest BCUT2D eigenvalue weighted by Crippen LogP contribution is -2.44. The average molecular weight is 310 g/mol. The predicted molar refractivity (Wildman–Crippen MR) is 86.9 cm³/mol. The van der Waals surface area contributed by atoms with Crippen molar-refractivity contribution in [3.63, 3.8) is 0 Å². The Kier molecular flexibility index (Phi) is 5.27. The Balaban J connectivity index is 1.96. The molecule has 3 N–H and O–H groups in total. The minimum absolute atomic E-state index is 0.0690. The minimum atomic E-state index is -0.481. The zero-order chi connectivity index (χ0) is 15.5. The number of rotatable bonds is 4. The van der Waals surface area contributed by atoms with Crippen LogP contribution in [0.15, 0.2) is 5.38 Å². The maximum Gasteiger partial charge on any atom is 0.407 e. The number of alkyl carbamates (subject to hydrolysis) is 1. The van der Waals surface area contributed by atoms with Crippen molar-refractivity contribution < 1.29 is 9.53 Å². The molecule has 4 nitrogen and oxygen atoms in total. The number of hydrogen-bond acceptors (Lipinski definition) is 4. The Bertz CT molecular complexity index is 491. The molecule has 21 heavy (non-hydrogen) atoms. The number of nitrogens with one attached hydrogen (secondary N) is 1. The van der Waals surface area contributed by atoms with E-state index in [-0.39, 0.29) is 12.1 Å². The third-order valence-electron chi connectivity index (χ3n) is 3.62. The molecule has 1 unspecified atom stereocenters. The molecule has 0 bridgehead atoms. The van der Waals surface area contributed by atoms with Gasteiger partial charge in [0.25, 0.3) is 0 Å². The minimum Gasteiger partial charge on any atom is -0.444 e. The van der Waals surface area contributed by atoms with Crippen molar-refractivity contribution in [2.45, 2.75) is 64.5 Å². The van der Waals surface area contributed by atoms with Gasteiger partial charge in [-0.05, 0) is 69.4 Å². The molecule has 0 saturated carbocycles. The zero-order valence-electron chi connectivity index (χ0n) is 13.2. The summed E-state index contributed by atoms with van der Waals surface area (Å²) in [5.74, 6) is 0. The lowest BCUT2D eigenvalue weighted by molar-refractivity contribution is 0.0506. The standard InChI is InChI=1S/C16H26N2O2S/c1-16(2,3)20-15(19)18-12(9-17)8-11-10-21-14-7-5-4-6-13(11)14/h10,12H,4-9,17H2,1-3H3,(H,18,19). The number of nitrogens with two attached hydrogens (primary N) is 1. The molecule has 1 aliphatic carbocycles. The van der Waals surface area contributed by atoms with Gasteiger partial charge in [0, 0.05) is 17.5 Å². The molecule has 5 heteroatoms. The molecule has 1 aliphatic rings. The summed E-state index contributed by atoms with van der Waals surface area (Å²) in [6.45, 7) is 6.00. The summed E-state index contributed by atoms with van der Waals surface area (Å²) in [4.78, 5) is 13.4. The van der Waals surface area contributed by atoms with Crippen LogP contribution < -0.4 is 11.1 Å². The lowest BCUT2D eigenvalue weighted by atomic mass is 9.93. The van der Waals surface area contributed by atoms with Crippen LogP contribution in [0, 0.1) is 0 Å². The van der Waals surface area contributed by atoms with E-state index in [0.717, 1.165) is 12.8 Å². The van der Waals surface area contributed by atoms with Crippen LogP contribution in [0.4, 0.5) is 4.79 Å². The van der Waals surface area contributed by atoms with Gasteiger partial charge < -0.3 is 15.8 Å². The van der Waals surface area contributed by atoms with Gasteiger partial charge in [-0.25, -0.2) is 4.79 Å². The summed E-state index contributed by atoms with van der Waals surface area (Å²) in [7, 11) is 0. The molecule has 1 aromatic rings. The van der Waals surface area contributed by atoms with E-state index in [1.54, 1.807) is 0 Å². The van der Waals surface area contributed by atoms with Gasteiger partial charge in [0.15, 0.2) is 0 Å². The molecule has 0 radical (unpaired) electrons. The zero-order valence-corrected chi connectivity index (χ0v) is 14.0. The van der Waals surface area contributed by atoms with Crippen molar-refractivity contribution in [3.8, 4) is 0 Å². The topological polar surface area (TPSA) is 64.3 Å². The van der Waals surface area contributed by atoms with Crippen LogP contribution in [0.3, 0.4) is 0 Å². The third-order valence-corrected chi connectivity index (χ3v) is 4.76. The van der Waals surface area contributed by atoms with Crippen LogP contribution in [0.5, 0.6) is 0 Å². The van der Waals surface area contributed by atoms with Gasteiger partial charge in [0.1, 0.15) is 5.60 Å². The van der Waals surface area contributed by atoms with E-state index in [1.165, 1.54) is 35.3 Å². The molecule has 0 aliphatic heterocycles. The Morgan fingerprint density at radius 3 is 2.81 bits per heavy atom. The van der Waals surface area contributed by atoms with Gasteiger partial charge in [-0.1, -0.05) is 0 Å². The van der Waals surface area contributed by atoms with Gasteiger partial charge in [0.05, 0.1) is 0 Å². The molecule has 118 valence electrons. The first-order valence-corrected chi connectivity index (χ1v) is 8.54. The highest BCUT2D eigenvalue weighted by Gasteiger charge is 2.21. The van der Waals surface area contributed by atoms with Gasteiger partial charge >= 0.3 is 6.09 Å². The quantitative estimate of drug-likeness (QED) is 0.898. The number of ether oxygens (including phenoxy) is 1. The van der Waals surface area contributed by atoms with Crippen LogP contribution in [-0.2, 0) is 24.0 Å². The van der Waals surface area contributed by atoms with E-state index in [4.69, 9.17) is 10.5 Å². The SMILES string of the molecule is CC(C)(C)OC(=O)NC(CN)Cc1csc2c1CCCC2. The van der Waals surface area contributed by atoms with Gasteiger partial charge in [-0.3, -0.25) is 0 Å². The second-order valence-electron chi connectivity index (χ2n) is 6.65. The van der Waals surface area contributed by atoms with Crippen molar-refractivity contribution in [2.75, 3.05) is 6.54 Å². The average Bonchev–Trinajstić information content (AvgIpc) is 2.79. The van der Waals surface area contributed by atoms with Crippen LogP contribution in [0.25, 0.3) is 0 Å². The normalized spacial score (nSPS) is 16.2.